The van der Waals surface area contributed by atoms with Crippen molar-refractivity contribution in [3.63, 3.8) is 0 Å². The van der Waals surface area contributed by atoms with Crippen LogP contribution in [-0.2, 0) is 9.53 Å². The third-order valence-corrected chi connectivity index (χ3v) is 4.65. The molecule has 0 aliphatic carbocycles. The van der Waals surface area contributed by atoms with Crippen molar-refractivity contribution >= 4 is 12.0 Å². The monoisotopic (exact) mass is 299 g/mol. The number of likely N-dealkylation sites (tertiary alicyclic amines) is 1. The maximum atomic E-state index is 12.3. The molecular weight excluding hydrogens is 274 g/mol. The number of aliphatic carboxylic acids is 1. The van der Waals surface area contributed by atoms with Crippen LogP contribution in [0.2, 0.25) is 0 Å². The predicted octanol–water partition coefficient (Wildman–Crippen LogP) is 0.356. The molecule has 1 unspecified atom stereocenters. The van der Waals surface area contributed by atoms with Crippen LogP contribution in [0.3, 0.4) is 0 Å². The summed E-state index contributed by atoms with van der Waals surface area (Å²) in [5, 5.41) is 12.0. The lowest BCUT2D eigenvalue weighted by molar-refractivity contribution is -0.144. The van der Waals surface area contributed by atoms with Crippen molar-refractivity contribution < 1.29 is 19.4 Å². The molecule has 2 rings (SSSR count). The minimum absolute atomic E-state index is 0.0379. The van der Waals surface area contributed by atoms with E-state index in [-0.39, 0.29) is 18.7 Å². The van der Waals surface area contributed by atoms with Crippen LogP contribution < -0.4 is 5.32 Å². The molecule has 2 heterocycles. The van der Waals surface area contributed by atoms with Crippen LogP contribution in [0, 0.1) is 0 Å². The second-order valence-electron chi connectivity index (χ2n) is 5.90. The summed E-state index contributed by atoms with van der Waals surface area (Å²) in [6.45, 7) is 5.52. The normalized spacial score (nSPS) is 27.5. The fourth-order valence-electron chi connectivity index (χ4n) is 2.97. The van der Waals surface area contributed by atoms with Crippen LogP contribution in [-0.4, -0.2) is 78.4 Å². The zero-order chi connectivity index (χ0) is 15.5. The summed E-state index contributed by atoms with van der Waals surface area (Å²) in [5.41, 5.74) is -1.27. The lowest BCUT2D eigenvalue weighted by Crippen LogP contribution is -2.59. The Morgan fingerprint density at radius 2 is 2.10 bits per heavy atom. The third kappa shape index (κ3) is 3.47. The molecule has 0 spiro atoms. The van der Waals surface area contributed by atoms with Gasteiger partial charge in [0.1, 0.15) is 0 Å². The molecular formula is C14H25N3O4. The molecule has 0 radical (unpaired) electrons. The summed E-state index contributed by atoms with van der Waals surface area (Å²) >= 11 is 0. The van der Waals surface area contributed by atoms with Crippen molar-refractivity contribution in [1.29, 1.82) is 0 Å². The smallest absolute Gasteiger partial charge is 0.332 e. The maximum Gasteiger partial charge on any atom is 0.332 e. The molecule has 0 aromatic carbocycles. The highest BCUT2D eigenvalue weighted by atomic mass is 16.5. The third-order valence-electron chi connectivity index (χ3n) is 4.65. The zero-order valence-electron chi connectivity index (χ0n) is 12.8. The first-order chi connectivity index (χ1) is 9.98. The first kappa shape index (κ1) is 16.0. The molecule has 120 valence electrons. The van der Waals surface area contributed by atoms with Gasteiger partial charge in [0, 0.05) is 39.2 Å². The molecule has 2 aliphatic rings. The Hall–Kier alpha value is -1.34. The number of hydrogen-bond acceptors (Lipinski definition) is 4. The SMILES string of the molecule is CCN1CCC(N(C)C(=O)NC2(C(=O)O)CCOC2)CC1. The van der Waals surface area contributed by atoms with Gasteiger partial charge in [0.2, 0.25) is 0 Å². The Balaban J connectivity index is 1.92. The number of carboxylic acids is 1. The molecule has 2 saturated heterocycles. The van der Waals surface area contributed by atoms with Crippen LogP contribution in [0.15, 0.2) is 0 Å². The number of rotatable bonds is 4. The van der Waals surface area contributed by atoms with Gasteiger partial charge in [-0.2, -0.15) is 0 Å². The molecule has 2 N–H and O–H groups in total. The number of amides is 2. The van der Waals surface area contributed by atoms with Crippen LogP contribution in [0.4, 0.5) is 4.79 Å². The van der Waals surface area contributed by atoms with E-state index in [0.717, 1.165) is 32.5 Å². The van der Waals surface area contributed by atoms with E-state index >= 15 is 0 Å². The Morgan fingerprint density at radius 1 is 1.43 bits per heavy atom. The molecule has 0 aromatic rings. The van der Waals surface area contributed by atoms with Crippen molar-refractivity contribution in [2.24, 2.45) is 0 Å². The lowest BCUT2D eigenvalue weighted by atomic mass is 9.99. The topological polar surface area (TPSA) is 82.1 Å². The van der Waals surface area contributed by atoms with Gasteiger partial charge in [-0.05, 0) is 19.4 Å². The van der Waals surface area contributed by atoms with Gasteiger partial charge >= 0.3 is 12.0 Å². The van der Waals surface area contributed by atoms with E-state index in [2.05, 4.69) is 17.1 Å². The van der Waals surface area contributed by atoms with E-state index in [1.165, 1.54) is 0 Å². The highest BCUT2D eigenvalue weighted by Gasteiger charge is 2.45. The van der Waals surface area contributed by atoms with Crippen molar-refractivity contribution in [3.05, 3.63) is 0 Å². The zero-order valence-corrected chi connectivity index (χ0v) is 12.8. The van der Waals surface area contributed by atoms with Gasteiger partial charge in [-0.25, -0.2) is 9.59 Å². The number of ether oxygens (including phenoxy) is 1. The van der Waals surface area contributed by atoms with Gasteiger partial charge in [0.25, 0.3) is 0 Å². The number of nitrogens with one attached hydrogen (secondary N) is 1. The average Bonchev–Trinajstić information content (AvgIpc) is 2.96. The van der Waals surface area contributed by atoms with Gasteiger partial charge in [0.15, 0.2) is 5.54 Å². The standard InChI is InChI=1S/C14H25N3O4/c1-3-17-7-4-11(5-8-17)16(2)13(20)15-14(12(18)19)6-9-21-10-14/h11H,3-10H2,1-2H3,(H,15,20)(H,18,19). The minimum atomic E-state index is -1.27. The summed E-state index contributed by atoms with van der Waals surface area (Å²) in [5.74, 6) is -1.03. The molecule has 7 heteroatoms. The van der Waals surface area contributed by atoms with Gasteiger partial charge in [-0.15, -0.1) is 0 Å². The minimum Gasteiger partial charge on any atom is -0.479 e. The maximum absolute atomic E-state index is 12.3. The highest BCUT2D eigenvalue weighted by Crippen LogP contribution is 2.21. The second kappa shape index (κ2) is 6.62. The summed E-state index contributed by atoms with van der Waals surface area (Å²) < 4.78 is 5.16. The predicted molar refractivity (Wildman–Crippen MR) is 77.2 cm³/mol. The van der Waals surface area contributed by atoms with Crippen molar-refractivity contribution in [2.75, 3.05) is 39.9 Å². The lowest BCUT2D eigenvalue weighted by Gasteiger charge is -2.37. The average molecular weight is 299 g/mol. The van der Waals surface area contributed by atoms with Crippen LogP contribution >= 0.6 is 0 Å². The number of piperidine rings is 1. The van der Waals surface area contributed by atoms with Crippen molar-refractivity contribution in [1.82, 2.24) is 15.1 Å². The van der Waals surface area contributed by atoms with Gasteiger partial charge in [-0.3, -0.25) is 0 Å². The molecule has 2 amide bonds. The van der Waals surface area contributed by atoms with Gasteiger partial charge in [-0.1, -0.05) is 6.92 Å². The number of carboxylic acid groups (broad SMARTS) is 1. The highest BCUT2D eigenvalue weighted by molar-refractivity contribution is 5.86. The first-order valence-corrected chi connectivity index (χ1v) is 7.57. The van der Waals surface area contributed by atoms with E-state index in [4.69, 9.17) is 4.74 Å². The van der Waals surface area contributed by atoms with Crippen molar-refractivity contribution in [3.8, 4) is 0 Å². The van der Waals surface area contributed by atoms with E-state index in [1.807, 2.05) is 0 Å². The molecule has 0 bridgehead atoms. The molecule has 0 aromatic heterocycles. The largest absolute Gasteiger partial charge is 0.479 e. The Labute approximate surface area is 125 Å². The molecule has 0 saturated carbocycles. The molecule has 21 heavy (non-hydrogen) atoms. The molecule has 7 nitrogen and oxygen atoms in total. The summed E-state index contributed by atoms with van der Waals surface area (Å²) in [7, 11) is 1.74. The number of carbonyl (C=O) groups excluding carboxylic acids is 1. The van der Waals surface area contributed by atoms with Gasteiger partial charge in [0.05, 0.1) is 6.61 Å². The number of nitrogens with zero attached hydrogens (tertiary/aromatic N) is 2. The van der Waals surface area contributed by atoms with Crippen LogP contribution in [0.25, 0.3) is 0 Å². The summed E-state index contributed by atoms with van der Waals surface area (Å²) in [4.78, 5) is 27.8. The number of hydrogen-bond donors (Lipinski definition) is 2. The fraction of sp³-hybridized carbons (Fsp3) is 0.857. The fourth-order valence-corrected chi connectivity index (χ4v) is 2.97. The van der Waals surface area contributed by atoms with Crippen molar-refractivity contribution in [2.45, 2.75) is 37.8 Å². The van der Waals surface area contributed by atoms with Crippen LogP contribution in [0.1, 0.15) is 26.2 Å². The summed E-state index contributed by atoms with van der Waals surface area (Å²) in [6.07, 6.45) is 2.17. The Morgan fingerprint density at radius 3 is 2.57 bits per heavy atom. The van der Waals surface area contributed by atoms with E-state index in [9.17, 15) is 14.7 Å². The summed E-state index contributed by atoms with van der Waals surface area (Å²) in [6, 6.07) is -0.154. The van der Waals surface area contributed by atoms with E-state index < -0.39 is 11.5 Å². The molecule has 2 fully saturated rings. The van der Waals surface area contributed by atoms with Crippen LogP contribution in [0.5, 0.6) is 0 Å². The Kier molecular flexibility index (Phi) is 5.05. The second-order valence-corrected chi connectivity index (χ2v) is 5.90. The van der Waals surface area contributed by atoms with E-state index in [0.29, 0.717) is 13.0 Å². The Bertz CT molecular complexity index is 388. The number of carbonyl (C=O) groups is 2. The number of urea groups is 1. The molecule has 2 aliphatic heterocycles. The van der Waals surface area contributed by atoms with E-state index in [1.54, 1.807) is 11.9 Å². The molecule has 1 atom stereocenters. The first-order valence-electron chi connectivity index (χ1n) is 7.57. The van der Waals surface area contributed by atoms with Gasteiger partial charge < -0.3 is 25.0 Å². The quantitative estimate of drug-likeness (QED) is 0.783.